The highest BCUT2D eigenvalue weighted by Gasteiger charge is 2.33. The second-order valence-electron chi connectivity index (χ2n) is 4.53. The van der Waals surface area contributed by atoms with Gasteiger partial charge in [-0.2, -0.15) is 0 Å². The molecule has 8 heteroatoms. The summed E-state index contributed by atoms with van der Waals surface area (Å²) in [5.41, 5.74) is 0.326. The number of amides is 1. The zero-order valence-corrected chi connectivity index (χ0v) is 11.4. The zero-order chi connectivity index (χ0) is 14.2. The molecule has 2 rings (SSSR count). The first-order chi connectivity index (χ1) is 8.74. The maximum absolute atomic E-state index is 13.2. The predicted octanol–water partition coefficient (Wildman–Crippen LogP) is 1.12. The largest absolute Gasteiger partial charge is 0.312 e. The number of sulfonamides is 1. The number of anilines is 1. The van der Waals surface area contributed by atoms with Crippen LogP contribution < -0.4 is 10.0 Å². The molecule has 1 heterocycles. The first-order valence-corrected chi connectivity index (χ1v) is 7.61. The van der Waals surface area contributed by atoms with Crippen LogP contribution in [0.1, 0.15) is 6.42 Å². The molecule has 1 aromatic carbocycles. The van der Waals surface area contributed by atoms with Crippen molar-refractivity contribution < 1.29 is 17.6 Å². The topological polar surface area (TPSA) is 80.5 Å². The summed E-state index contributed by atoms with van der Waals surface area (Å²) in [6.07, 6.45) is 0.0740. The third-order valence-electron chi connectivity index (χ3n) is 2.83. The standard InChI is InChI=1S/C11H12ClFN2O3S/c12-8-2-9(13)4-10(3-8)15-5-7(1-11(15)16)6-19(14,17)18/h2-4,7H,1,5-6H2,(H2,14,17,18). The molecule has 0 radical (unpaired) electrons. The summed E-state index contributed by atoms with van der Waals surface area (Å²) in [6, 6.07) is 3.78. The Morgan fingerprint density at radius 1 is 1.42 bits per heavy atom. The minimum absolute atomic E-state index is 0.0740. The fourth-order valence-electron chi connectivity index (χ4n) is 2.17. The molecule has 0 bridgehead atoms. The van der Waals surface area contributed by atoms with Gasteiger partial charge in [0.15, 0.2) is 0 Å². The van der Waals surface area contributed by atoms with Crippen molar-refractivity contribution in [3.63, 3.8) is 0 Å². The molecule has 104 valence electrons. The van der Waals surface area contributed by atoms with Gasteiger partial charge in [-0.05, 0) is 18.2 Å². The van der Waals surface area contributed by atoms with Gasteiger partial charge in [0.1, 0.15) is 5.82 Å². The smallest absolute Gasteiger partial charge is 0.227 e. The Kier molecular flexibility index (Phi) is 3.80. The molecule has 0 saturated carbocycles. The molecule has 2 N–H and O–H groups in total. The molecule has 1 unspecified atom stereocenters. The summed E-state index contributed by atoms with van der Waals surface area (Å²) >= 11 is 5.73. The minimum Gasteiger partial charge on any atom is -0.312 e. The van der Waals surface area contributed by atoms with Gasteiger partial charge in [-0.3, -0.25) is 4.79 Å². The first-order valence-electron chi connectivity index (χ1n) is 5.51. The molecule has 1 amide bonds. The van der Waals surface area contributed by atoms with E-state index in [4.69, 9.17) is 16.7 Å². The fraction of sp³-hybridized carbons (Fsp3) is 0.364. The van der Waals surface area contributed by atoms with E-state index in [1.165, 1.54) is 17.0 Å². The lowest BCUT2D eigenvalue weighted by atomic mass is 10.1. The summed E-state index contributed by atoms with van der Waals surface area (Å²) in [7, 11) is -3.63. The van der Waals surface area contributed by atoms with Gasteiger partial charge in [0.25, 0.3) is 0 Å². The summed E-state index contributed by atoms with van der Waals surface area (Å²) in [6.45, 7) is 0.190. The van der Waals surface area contributed by atoms with Crippen LogP contribution in [-0.2, 0) is 14.8 Å². The molecule has 0 aromatic heterocycles. The molecule has 1 fully saturated rings. The van der Waals surface area contributed by atoms with Crippen LogP contribution >= 0.6 is 11.6 Å². The molecule has 1 aromatic rings. The van der Waals surface area contributed by atoms with E-state index < -0.39 is 15.8 Å². The van der Waals surface area contributed by atoms with Gasteiger partial charge in [0, 0.05) is 29.6 Å². The van der Waals surface area contributed by atoms with Gasteiger partial charge in [0.05, 0.1) is 5.75 Å². The third kappa shape index (κ3) is 3.65. The molecule has 1 aliphatic heterocycles. The lowest BCUT2D eigenvalue weighted by Crippen LogP contribution is -2.27. The van der Waals surface area contributed by atoms with E-state index in [2.05, 4.69) is 0 Å². The highest BCUT2D eigenvalue weighted by atomic mass is 35.5. The summed E-state index contributed by atoms with van der Waals surface area (Å²) in [4.78, 5) is 13.1. The Morgan fingerprint density at radius 2 is 2.11 bits per heavy atom. The molecular formula is C11H12ClFN2O3S. The van der Waals surface area contributed by atoms with Crippen LogP contribution in [0.15, 0.2) is 18.2 Å². The molecule has 19 heavy (non-hydrogen) atoms. The molecule has 0 spiro atoms. The SMILES string of the molecule is NS(=O)(=O)CC1CC(=O)N(c2cc(F)cc(Cl)c2)C1. The first kappa shape index (κ1) is 14.2. The summed E-state index contributed by atoms with van der Waals surface area (Å²) in [5.74, 6) is -1.47. The van der Waals surface area contributed by atoms with E-state index in [0.717, 1.165) is 6.07 Å². The average Bonchev–Trinajstić information content (AvgIpc) is 2.54. The maximum Gasteiger partial charge on any atom is 0.227 e. The number of nitrogens with zero attached hydrogens (tertiary/aromatic N) is 1. The number of halogens is 2. The van der Waals surface area contributed by atoms with Crippen molar-refractivity contribution in [3.05, 3.63) is 29.0 Å². The number of rotatable bonds is 3. The Balaban J connectivity index is 2.20. The Hall–Kier alpha value is -1.18. The van der Waals surface area contributed by atoms with Crippen LogP contribution in [-0.4, -0.2) is 26.6 Å². The number of primary sulfonamides is 1. The number of benzene rings is 1. The van der Waals surface area contributed by atoms with Crippen LogP contribution in [0.2, 0.25) is 5.02 Å². The van der Waals surface area contributed by atoms with Gasteiger partial charge < -0.3 is 4.90 Å². The second kappa shape index (κ2) is 5.07. The number of hydrogen-bond donors (Lipinski definition) is 1. The zero-order valence-electron chi connectivity index (χ0n) is 9.84. The lowest BCUT2D eigenvalue weighted by molar-refractivity contribution is -0.117. The predicted molar refractivity (Wildman–Crippen MR) is 69.8 cm³/mol. The molecular weight excluding hydrogens is 295 g/mol. The van der Waals surface area contributed by atoms with E-state index in [-0.39, 0.29) is 35.6 Å². The van der Waals surface area contributed by atoms with Crippen molar-refractivity contribution in [1.29, 1.82) is 0 Å². The van der Waals surface area contributed by atoms with Gasteiger partial charge in [-0.1, -0.05) is 11.6 Å². The second-order valence-corrected chi connectivity index (χ2v) is 6.63. The monoisotopic (exact) mass is 306 g/mol. The molecule has 1 saturated heterocycles. The molecule has 0 aliphatic carbocycles. The molecule has 1 aliphatic rings. The normalized spacial score (nSPS) is 20.1. The number of hydrogen-bond acceptors (Lipinski definition) is 3. The van der Waals surface area contributed by atoms with Crippen molar-refractivity contribution in [3.8, 4) is 0 Å². The Labute approximate surface area is 115 Å². The number of nitrogens with two attached hydrogens (primary N) is 1. The van der Waals surface area contributed by atoms with Gasteiger partial charge in [0.2, 0.25) is 15.9 Å². The van der Waals surface area contributed by atoms with Crippen LogP contribution in [0.25, 0.3) is 0 Å². The quantitative estimate of drug-likeness (QED) is 0.908. The number of carbonyl (C=O) groups is 1. The third-order valence-corrected chi connectivity index (χ3v) is 3.99. The fourth-order valence-corrected chi connectivity index (χ4v) is 3.26. The Bertz CT molecular complexity index is 600. The van der Waals surface area contributed by atoms with Crippen molar-refractivity contribution in [2.24, 2.45) is 11.1 Å². The van der Waals surface area contributed by atoms with E-state index in [9.17, 15) is 17.6 Å². The highest BCUT2D eigenvalue weighted by Crippen LogP contribution is 2.28. The minimum atomic E-state index is -3.63. The van der Waals surface area contributed by atoms with Crippen molar-refractivity contribution in [1.82, 2.24) is 0 Å². The maximum atomic E-state index is 13.2. The van der Waals surface area contributed by atoms with E-state index in [0.29, 0.717) is 5.69 Å². The van der Waals surface area contributed by atoms with Crippen LogP contribution in [0, 0.1) is 11.7 Å². The summed E-state index contributed by atoms with van der Waals surface area (Å²) in [5, 5.41) is 5.13. The lowest BCUT2D eigenvalue weighted by Gasteiger charge is -2.17. The van der Waals surface area contributed by atoms with Crippen molar-refractivity contribution >= 4 is 33.2 Å². The van der Waals surface area contributed by atoms with Crippen LogP contribution in [0.3, 0.4) is 0 Å². The van der Waals surface area contributed by atoms with Gasteiger partial charge in [-0.15, -0.1) is 0 Å². The molecule has 1 atom stereocenters. The van der Waals surface area contributed by atoms with E-state index in [1.54, 1.807) is 0 Å². The van der Waals surface area contributed by atoms with E-state index in [1.807, 2.05) is 0 Å². The summed E-state index contributed by atoms with van der Waals surface area (Å²) < 4.78 is 35.3. The van der Waals surface area contributed by atoms with Crippen molar-refractivity contribution in [2.75, 3.05) is 17.2 Å². The van der Waals surface area contributed by atoms with Crippen LogP contribution in [0.4, 0.5) is 10.1 Å². The molecule has 5 nitrogen and oxygen atoms in total. The van der Waals surface area contributed by atoms with E-state index >= 15 is 0 Å². The van der Waals surface area contributed by atoms with Crippen molar-refractivity contribution in [2.45, 2.75) is 6.42 Å². The number of carbonyl (C=O) groups excluding carboxylic acids is 1. The van der Waals surface area contributed by atoms with Crippen LogP contribution in [0.5, 0.6) is 0 Å². The highest BCUT2D eigenvalue weighted by molar-refractivity contribution is 7.89. The van der Waals surface area contributed by atoms with Gasteiger partial charge in [-0.25, -0.2) is 17.9 Å². The average molecular weight is 307 g/mol. The van der Waals surface area contributed by atoms with Gasteiger partial charge >= 0.3 is 0 Å². The Morgan fingerprint density at radius 3 is 2.68 bits per heavy atom.